The van der Waals surface area contributed by atoms with Gasteiger partial charge in [-0.1, -0.05) is 25.1 Å². The second-order valence-corrected chi connectivity index (χ2v) is 5.81. The predicted octanol–water partition coefficient (Wildman–Crippen LogP) is 3.56. The van der Waals surface area contributed by atoms with Crippen LogP contribution in [0.5, 0.6) is 0 Å². The van der Waals surface area contributed by atoms with E-state index in [4.69, 9.17) is 0 Å². The van der Waals surface area contributed by atoms with Crippen molar-refractivity contribution in [2.75, 3.05) is 6.54 Å². The minimum absolute atomic E-state index is 0.743. The Morgan fingerprint density at radius 1 is 1.26 bits per heavy atom. The van der Waals surface area contributed by atoms with Crippen LogP contribution >= 0.6 is 0 Å². The number of fused-ring (bicyclic) bond motifs is 1. The highest BCUT2D eigenvalue weighted by Crippen LogP contribution is 2.21. The van der Waals surface area contributed by atoms with E-state index in [1.165, 1.54) is 30.2 Å². The zero-order valence-electron chi connectivity index (χ0n) is 11.6. The molecule has 0 saturated heterocycles. The Hall–Kier alpha value is -1.41. The molecule has 100 valence electrons. The number of para-hydroxylation sites is 1. The van der Waals surface area contributed by atoms with E-state index in [-0.39, 0.29) is 0 Å². The zero-order valence-corrected chi connectivity index (χ0v) is 11.6. The highest BCUT2D eigenvalue weighted by molar-refractivity contribution is 5.81. The molecular formula is C17H22N2. The Bertz CT molecular complexity index is 540. The molecule has 1 aromatic heterocycles. The van der Waals surface area contributed by atoms with Crippen LogP contribution in [0.3, 0.4) is 0 Å². The average Bonchev–Trinajstić information content (AvgIpc) is 3.27. The maximum Gasteiger partial charge on any atom is 0.0704 e. The van der Waals surface area contributed by atoms with Gasteiger partial charge in [0.05, 0.1) is 5.52 Å². The van der Waals surface area contributed by atoms with Crippen molar-refractivity contribution in [2.45, 2.75) is 38.6 Å². The van der Waals surface area contributed by atoms with Crippen molar-refractivity contribution >= 4 is 10.9 Å². The molecule has 0 radical (unpaired) electrons. The fourth-order valence-electron chi connectivity index (χ4n) is 2.53. The monoisotopic (exact) mass is 254 g/mol. The lowest BCUT2D eigenvalue weighted by Crippen LogP contribution is -2.23. The maximum absolute atomic E-state index is 4.42. The molecule has 19 heavy (non-hydrogen) atoms. The largest absolute Gasteiger partial charge is 0.314 e. The minimum atomic E-state index is 0.743. The topological polar surface area (TPSA) is 24.9 Å². The van der Waals surface area contributed by atoms with Crippen molar-refractivity contribution in [2.24, 2.45) is 5.92 Å². The minimum Gasteiger partial charge on any atom is -0.314 e. The molecule has 1 aliphatic rings. The Labute approximate surface area is 115 Å². The molecular weight excluding hydrogens is 232 g/mol. The summed E-state index contributed by atoms with van der Waals surface area (Å²) in [7, 11) is 0. The molecule has 2 aromatic rings. The van der Waals surface area contributed by atoms with Crippen LogP contribution in [0, 0.1) is 5.92 Å². The van der Waals surface area contributed by atoms with Gasteiger partial charge in [-0.05, 0) is 55.8 Å². The third-order valence-electron chi connectivity index (χ3n) is 3.98. The molecule has 3 rings (SSSR count). The normalized spacial score (nSPS) is 16.7. The lowest BCUT2D eigenvalue weighted by Gasteiger charge is -2.13. The van der Waals surface area contributed by atoms with Crippen molar-refractivity contribution in [3.63, 3.8) is 0 Å². The molecule has 0 aliphatic heterocycles. The molecule has 2 heteroatoms. The van der Waals surface area contributed by atoms with Crippen molar-refractivity contribution < 1.29 is 0 Å². The molecule has 1 aromatic carbocycles. The van der Waals surface area contributed by atoms with E-state index < -0.39 is 0 Å². The number of pyridine rings is 1. The van der Waals surface area contributed by atoms with Gasteiger partial charge in [-0.25, -0.2) is 0 Å². The summed E-state index contributed by atoms with van der Waals surface area (Å²) < 4.78 is 0. The van der Waals surface area contributed by atoms with Gasteiger partial charge < -0.3 is 5.32 Å². The number of hydrogen-bond donors (Lipinski definition) is 1. The van der Waals surface area contributed by atoms with Gasteiger partial charge in [0.25, 0.3) is 0 Å². The first-order valence-corrected chi connectivity index (χ1v) is 7.39. The maximum atomic E-state index is 4.42. The molecule has 0 spiro atoms. The Morgan fingerprint density at radius 3 is 2.95 bits per heavy atom. The molecule has 0 amide bonds. The van der Waals surface area contributed by atoms with E-state index in [1.54, 1.807) is 0 Å². The van der Waals surface area contributed by atoms with Crippen molar-refractivity contribution in [1.82, 2.24) is 10.3 Å². The number of nitrogens with one attached hydrogen (secondary N) is 1. The average molecular weight is 254 g/mol. The van der Waals surface area contributed by atoms with Gasteiger partial charge in [0.15, 0.2) is 0 Å². The summed E-state index contributed by atoms with van der Waals surface area (Å²) in [6.07, 6.45) is 7.08. The molecule has 1 N–H and O–H groups in total. The summed E-state index contributed by atoms with van der Waals surface area (Å²) in [5.41, 5.74) is 2.55. The van der Waals surface area contributed by atoms with Crippen LogP contribution in [0.15, 0.2) is 36.5 Å². The highest BCUT2D eigenvalue weighted by Gasteiger charge is 2.20. The van der Waals surface area contributed by atoms with E-state index >= 15 is 0 Å². The van der Waals surface area contributed by atoms with Gasteiger partial charge in [0.2, 0.25) is 0 Å². The lowest BCUT2D eigenvalue weighted by molar-refractivity contribution is 0.480. The molecule has 1 saturated carbocycles. The summed E-state index contributed by atoms with van der Waals surface area (Å²) in [5.74, 6) is 0.743. The second kappa shape index (κ2) is 5.70. The fourth-order valence-corrected chi connectivity index (χ4v) is 2.53. The number of hydrogen-bond acceptors (Lipinski definition) is 2. The van der Waals surface area contributed by atoms with Crippen LogP contribution in [0.1, 0.15) is 31.7 Å². The molecule has 0 bridgehead atoms. The van der Waals surface area contributed by atoms with Gasteiger partial charge in [-0.3, -0.25) is 4.98 Å². The molecule has 2 nitrogen and oxygen atoms in total. The molecule has 1 fully saturated rings. The fraction of sp³-hybridized carbons (Fsp3) is 0.471. The third kappa shape index (κ3) is 3.32. The number of aromatic nitrogens is 1. The Kier molecular flexibility index (Phi) is 3.79. The van der Waals surface area contributed by atoms with Crippen LogP contribution in [0.25, 0.3) is 10.9 Å². The van der Waals surface area contributed by atoms with Crippen LogP contribution < -0.4 is 5.32 Å². The highest BCUT2D eigenvalue weighted by atomic mass is 14.9. The van der Waals surface area contributed by atoms with Crippen LogP contribution in [-0.4, -0.2) is 17.6 Å². The van der Waals surface area contributed by atoms with E-state index in [0.29, 0.717) is 0 Å². The molecule has 1 unspecified atom stereocenters. The summed E-state index contributed by atoms with van der Waals surface area (Å²) in [6, 6.07) is 11.4. The summed E-state index contributed by atoms with van der Waals surface area (Å²) in [6.45, 7) is 3.51. The summed E-state index contributed by atoms with van der Waals surface area (Å²) in [5, 5.41) is 4.93. The van der Waals surface area contributed by atoms with E-state index in [1.807, 2.05) is 6.20 Å². The first-order valence-electron chi connectivity index (χ1n) is 7.39. The van der Waals surface area contributed by atoms with Crippen LogP contribution in [-0.2, 0) is 6.42 Å². The van der Waals surface area contributed by atoms with Gasteiger partial charge in [-0.2, -0.15) is 0 Å². The van der Waals surface area contributed by atoms with Crippen molar-refractivity contribution in [1.29, 1.82) is 0 Å². The smallest absolute Gasteiger partial charge is 0.0704 e. The SMILES string of the molecule is CC(CCc1ccnc2ccccc12)CNC1CC1. The predicted molar refractivity (Wildman–Crippen MR) is 80.3 cm³/mol. The summed E-state index contributed by atoms with van der Waals surface area (Å²) >= 11 is 0. The van der Waals surface area contributed by atoms with E-state index in [9.17, 15) is 0 Å². The lowest BCUT2D eigenvalue weighted by atomic mass is 9.98. The Balaban J connectivity index is 1.61. The Morgan fingerprint density at radius 2 is 2.11 bits per heavy atom. The third-order valence-corrected chi connectivity index (χ3v) is 3.98. The van der Waals surface area contributed by atoms with E-state index in [2.05, 4.69) is 47.6 Å². The number of benzene rings is 1. The molecule has 1 aliphatic carbocycles. The van der Waals surface area contributed by atoms with Crippen LogP contribution in [0.2, 0.25) is 0 Å². The van der Waals surface area contributed by atoms with Crippen LogP contribution in [0.4, 0.5) is 0 Å². The number of rotatable bonds is 6. The second-order valence-electron chi connectivity index (χ2n) is 5.81. The van der Waals surface area contributed by atoms with Gasteiger partial charge in [-0.15, -0.1) is 0 Å². The van der Waals surface area contributed by atoms with Gasteiger partial charge in [0, 0.05) is 17.6 Å². The van der Waals surface area contributed by atoms with Crippen molar-refractivity contribution in [3.8, 4) is 0 Å². The molecule has 1 heterocycles. The number of nitrogens with zero attached hydrogens (tertiary/aromatic N) is 1. The molecule has 1 atom stereocenters. The van der Waals surface area contributed by atoms with Gasteiger partial charge in [0.1, 0.15) is 0 Å². The van der Waals surface area contributed by atoms with Crippen molar-refractivity contribution in [3.05, 3.63) is 42.1 Å². The number of aryl methyl sites for hydroxylation is 1. The zero-order chi connectivity index (χ0) is 13.1. The first kappa shape index (κ1) is 12.6. The quantitative estimate of drug-likeness (QED) is 0.852. The first-order chi connectivity index (χ1) is 9.33. The summed E-state index contributed by atoms with van der Waals surface area (Å²) in [4.78, 5) is 4.42. The van der Waals surface area contributed by atoms with Gasteiger partial charge >= 0.3 is 0 Å². The van der Waals surface area contributed by atoms with E-state index in [0.717, 1.165) is 30.4 Å². The standard InChI is InChI=1S/C17H22N2/c1-13(12-19-15-8-9-15)6-7-14-10-11-18-17-5-3-2-4-16(14)17/h2-5,10-11,13,15,19H,6-9,12H2,1H3.